The Balaban J connectivity index is 2.03. The molecule has 1 aromatic carbocycles. The predicted octanol–water partition coefficient (Wildman–Crippen LogP) is 3.75. The molecule has 1 N–H and O–H groups in total. The standard InChI is InChI=1S/C14H18N2S/c1-3-17-14-7-5-4-6-13(14)15-10-12-8-9-16(2)11-12/h4-9,11,15H,3,10H2,1-2H3. The van der Waals surface area contributed by atoms with Crippen LogP contribution >= 0.6 is 11.8 Å². The summed E-state index contributed by atoms with van der Waals surface area (Å²) in [4.78, 5) is 1.32. The van der Waals surface area contributed by atoms with Crippen LogP contribution in [0.5, 0.6) is 0 Å². The average Bonchev–Trinajstić information content (AvgIpc) is 2.74. The maximum Gasteiger partial charge on any atom is 0.0481 e. The predicted molar refractivity (Wildman–Crippen MR) is 75.6 cm³/mol. The molecule has 0 atom stereocenters. The van der Waals surface area contributed by atoms with Crippen LogP contribution in [0.2, 0.25) is 0 Å². The summed E-state index contributed by atoms with van der Waals surface area (Å²) in [6.07, 6.45) is 4.21. The highest BCUT2D eigenvalue weighted by Crippen LogP contribution is 2.26. The van der Waals surface area contributed by atoms with Crippen molar-refractivity contribution in [3.8, 4) is 0 Å². The van der Waals surface area contributed by atoms with E-state index in [-0.39, 0.29) is 0 Å². The number of nitrogens with zero attached hydrogens (tertiary/aromatic N) is 1. The van der Waals surface area contributed by atoms with E-state index < -0.39 is 0 Å². The van der Waals surface area contributed by atoms with Crippen molar-refractivity contribution >= 4 is 17.4 Å². The van der Waals surface area contributed by atoms with Crippen LogP contribution in [0.15, 0.2) is 47.6 Å². The molecule has 2 aromatic rings. The second-order valence-corrected chi connectivity index (χ2v) is 5.27. The molecule has 0 bridgehead atoms. The molecule has 1 heterocycles. The number of hydrogen-bond acceptors (Lipinski definition) is 2. The van der Waals surface area contributed by atoms with Crippen molar-refractivity contribution in [1.29, 1.82) is 0 Å². The molecule has 17 heavy (non-hydrogen) atoms. The second-order valence-electron chi connectivity index (χ2n) is 3.97. The van der Waals surface area contributed by atoms with Crippen molar-refractivity contribution in [2.24, 2.45) is 7.05 Å². The highest BCUT2D eigenvalue weighted by atomic mass is 32.2. The average molecular weight is 246 g/mol. The van der Waals surface area contributed by atoms with Crippen molar-refractivity contribution in [3.63, 3.8) is 0 Å². The number of benzene rings is 1. The van der Waals surface area contributed by atoms with Crippen LogP contribution in [0, 0.1) is 0 Å². The fraction of sp³-hybridized carbons (Fsp3) is 0.286. The fourth-order valence-electron chi connectivity index (χ4n) is 1.76. The summed E-state index contributed by atoms with van der Waals surface area (Å²) in [5, 5.41) is 3.49. The van der Waals surface area contributed by atoms with Gasteiger partial charge in [-0.15, -0.1) is 11.8 Å². The minimum atomic E-state index is 0.877. The van der Waals surface area contributed by atoms with Crippen LogP contribution in [-0.4, -0.2) is 10.3 Å². The van der Waals surface area contributed by atoms with Crippen LogP contribution in [0.3, 0.4) is 0 Å². The highest BCUT2D eigenvalue weighted by molar-refractivity contribution is 7.99. The van der Waals surface area contributed by atoms with Crippen molar-refractivity contribution in [2.75, 3.05) is 11.1 Å². The van der Waals surface area contributed by atoms with Crippen LogP contribution in [0.1, 0.15) is 12.5 Å². The maximum absolute atomic E-state index is 3.49. The SMILES string of the molecule is CCSc1ccccc1NCc1ccn(C)c1. The number of hydrogen-bond donors (Lipinski definition) is 1. The summed E-state index contributed by atoms with van der Waals surface area (Å²) < 4.78 is 2.07. The number of aryl methyl sites for hydroxylation is 1. The first kappa shape index (κ1) is 12.1. The molecule has 0 saturated carbocycles. The van der Waals surface area contributed by atoms with Crippen LogP contribution in [-0.2, 0) is 13.6 Å². The zero-order valence-electron chi connectivity index (χ0n) is 10.3. The van der Waals surface area contributed by atoms with E-state index in [1.54, 1.807) is 0 Å². The molecule has 0 radical (unpaired) electrons. The molecule has 0 unspecified atom stereocenters. The number of anilines is 1. The maximum atomic E-state index is 3.49. The molecule has 90 valence electrons. The van der Waals surface area contributed by atoms with E-state index >= 15 is 0 Å². The molecule has 0 aliphatic rings. The van der Waals surface area contributed by atoms with Gasteiger partial charge in [0.05, 0.1) is 0 Å². The van der Waals surface area contributed by atoms with E-state index in [1.807, 2.05) is 18.8 Å². The topological polar surface area (TPSA) is 17.0 Å². The summed E-state index contributed by atoms with van der Waals surface area (Å²) in [5.74, 6) is 1.10. The Bertz CT molecular complexity index is 477. The normalized spacial score (nSPS) is 10.5. The first-order valence-electron chi connectivity index (χ1n) is 5.86. The molecular formula is C14H18N2S. The molecular weight excluding hydrogens is 228 g/mol. The van der Waals surface area contributed by atoms with E-state index in [0.29, 0.717) is 0 Å². The Morgan fingerprint density at radius 1 is 1.24 bits per heavy atom. The van der Waals surface area contributed by atoms with Gasteiger partial charge in [-0.25, -0.2) is 0 Å². The fourth-order valence-corrected chi connectivity index (χ4v) is 2.54. The van der Waals surface area contributed by atoms with Gasteiger partial charge < -0.3 is 9.88 Å². The molecule has 0 amide bonds. The van der Waals surface area contributed by atoms with Gasteiger partial charge in [0.2, 0.25) is 0 Å². The van der Waals surface area contributed by atoms with Gasteiger partial charge in [0.1, 0.15) is 0 Å². The van der Waals surface area contributed by atoms with Gasteiger partial charge in [0, 0.05) is 36.6 Å². The first-order chi connectivity index (χ1) is 8.29. The van der Waals surface area contributed by atoms with E-state index in [1.165, 1.54) is 16.1 Å². The molecule has 3 heteroatoms. The molecule has 0 fully saturated rings. The Labute approximate surface area is 107 Å². The lowest BCUT2D eigenvalue weighted by Crippen LogP contribution is -1.99. The third kappa shape index (κ3) is 3.30. The van der Waals surface area contributed by atoms with Crippen molar-refractivity contribution < 1.29 is 0 Å². The quantitative estimate of drug-likeness (QED) is 0.809. The summed E-state index contributed by atoms with van der Waals surface area (Å²) in [7, 11) is 2.05. The monoisotopic (exact) mass is 246 g/mol. The van der Waals surface area contributed by atoms with E-state index in [9.17, 15) is 0 Å². The molecule has 2 rings (SSSR count). The Hall–Kier alpha value is -1.35. The second kappa shape index (κ2) is 5.82. The number of thioether (sulfide) groups is 1. The third-order valence-electron chi connectivity index (χ3n) is 2.56. The van der Waals surface area contributed by atoms with Crippen LogP contribution in [0.25, 0.3) is 0 Å². The number of para-hydroxylation sites is 1. The Morgan fingerprint density at radius 2 is 2.06 bits per heavy atom. The lowest BCUT2D eigenvalue weighted by atomic mass is 10.3. The minimum Gasteiger partial charge on any atom is -0.380 e. The molecule has 0 saturated heterocycles. The van der Waals surface area contributed by atoms with Crippen molar-refractivity contribution in [2.45, 2.75) is 18.4 Å². The van der Waals surface area contributed by atoms with Crippen LogP contribution in [0.4, 0.5) is 5.69 Å². The molecule has 2 nitrogen and oxygen atoms in total. The lowest BCUT2D eigenvalue weighted by molar-refractivity contribution is 0.920. The summed E-state index contributed by atoms with van der Waals surface area (Å²) in [6.45, 7) is 3.06. The highest BCUT2D eigenvalue weighted by Gasteiger charge is 2.01. The summed E-state index contributed by atoms with van der Waals surface area (Å²) in [5.41, 5.74) is 2.53. The summed E-state index contributed by atoms with van der Waals surface area (Å²) >= 11 is 1.87. The number of rotatable bonds is 5. The molecule has 0 spiro atoms. The van der Waals surface area contributed by atoms with Gasteiger partial charge in [-0.2, -0.15) is 0 Å². The van der Waals surface area contributed by atoms with Crippen molar-refractivity contribution in [3.05, 3.63) is 48.3 Å². The van der Waals surface area contributed by atoms with Gasteiger partial charge in [0.25, 0.3) is 0 Å². The molecule has 0 aliphatic heterocycles. The van der Waals surface area contributed by atoms with Gasteiger partial charge in [-0.1, -0.05) is 19.1 Å². The van der Waals surface area contributed by atoms with Gasteiger partial charge in [-0.3, -0.25) is 0 Å². The van der Waals surface area contributed by atoms with Gasteiger partial charge in [0.15, 0.2) is 0 Å². The van der Waals surface area contributed by atoms with E-state index in [4.69, 9.17) is 0 Å². The third-order valence-corrected chi connectivity index (χ3v) is 3.52. The zero-order valence-corrected chi connectivity index (χ0v) is 11.1. The largest absolute Gasteiger partial charge is 0.380 e. The number of nitrogens with one attached hydrogen (secondary N) is 1. The smallest absolute Gasteiger partial charge is 0.0481 e. The van der Waals surface area contributed by atoms with Gasteiger partial charge >= 0.3 is 0 Å². The van der Waals surface area contributed by atoms with E-state index in [0.717, 1.165) is 12.3 Å². The number of aromatic nitrogens is 1. The Morgan fingerprint density at radius 3 is 2.76 bits per heavy atom. The van der Waals surface area contributed by atoms with Crippen molar-refractivity contribution in [1.82, 2.24) is 4.57 Å². The molecule has 1 aromatic heterocycles. The zero-order chi connectivity index (χ0) is 12.1. The molecule has 0 aliphatic carbocycles. The summed E-state index contributed by atoms with van der Waals surface area (Å²) in [6, 6.07) is 10.6. The van der Waals surface area contributed by atoms with E-state index in [2.05, 4.69) is 59.5 Å². The van der Waals surface area contributed by atoms with Crippen LogP contribution < -0.4 is 5.32 Å². The first-order valence-corrected chi connectivity index (χ1v) is 6.84. The minimum absolute atomic E-state index is 0.877. The van der Waals surface area contributed by atoms with Gasteiger partial charge in [-0.05, 0) is 29.5 Å². The lowest BCUT2D eigenvalue weighted by Gasteiger charge is -2.10. The Kier molecular flexibility index (Phi) is 4.15.